The van der Waals surface area contributed by atoms with E-state index in [0.29, 0.717) is 24.4 Å². The van der Waals surface area contributed by atoms with Crippen LogP contribution >= 0.6 is 11.3 Å². The van der Waals surface area contributed by atoms with Crippen LogP contribution in [0.5, 0.6) is 0 Å². The van der Waals surface area contributed by atoms with Crippen LogP contribution in [0.3, 0.4) is 0 Å². The first-order valence-corrected chi connectivity index (χ1v) is 10.8. The zero-order valence-corrected chi connectivity index (χ0v) is 18.4. The van der Waals surface area contributed by atoms with Gasteiger partial charge < -0.3 is 21.0 Å². The Hall–Kier alpha value is -3.46. The Morgan fingerprint density at radius 2 is 2.32 bits per heavy atom. The highest BCUT2D eigenvalue weighted by Crippen LogP contribution is 2.30. The van der Waals surface area contributed by atoms with Crippen LogP contribution < -0.4 is 11.1 Å². The number of hydrogen-bond acceptors (Lipinski definition) is 8. The Bertz CT molecular complexity index is 1200. The van der Waals surface area contributed by atoms with Gasteiger partial charge in [-0.25, -0.2) is 4.98 Å². The second-order valence-corrected chi connectivity index (χ2v) is 8.56. The molecule has 0 unspecified atom stereocenters. The summed E-state index contributed by atoms with van der Waals surface area (Å²) in [5.74, 6) is 0. The summed E-state index contributed by atoms with van der Waals surface area (Å²) in [5, 5.41) is 18.6. The third-order valence-corrected chi connectivity index (χ3v) is 6.43. The van der Waals surface area contributed by atoms with E-state index >= 15 is 0 Å². The number of aromatic nitrogens is 2. The van der Waals surface area contributed by atoms with E-state index in [1.807, 2.05) is 19.1 Å². The number of nitrogens with two attached hydrogens (primary N) is 1. The fourth-order valence-corrected chi connectivity index (χ4v) is 5.00. The molecule has 0 aliphatic carbocycles. The van der Waals surface area contributed by atoms with Crippen molar-refractivity contribution >= 4 is 45.6 Å². The highest BCUT2D eigenvalue weighted by atomic mass is 32.1. The van der Waals surface area contributed by atoms with Crippen LogP contribution in [0.4, 0.5) is 5.69 Å². The third kappa shape index (κ3) is 4.09. The number of allylic oxidation sites excluding steroid dienone is 1. The maximum absolute atomic E-state index is 11.7. The van der Waals surface area contributed by atoms with Gasteiger partial charge in [-0.2, -0.15) is 5.10 Å². The average Bonchev–Trinajstić information content (AvgIpc) is 3.43. The molecule has 9 heteroatoms. The monoisotopic (exact) mass is 435 g/mol. The predicted molar refractivity (Wildman–Crippen MR) is 126 cm³/mol. The first kappa shape index (κ1) is 20.8. The minimum Gasteiger partial charge on any atom is -0.405 e. The molecule has 4 rings (SSSR count). The van der Waals surface area contributed by atoms with E-state index in [1.165, 1.54) is 34.4 Å². The minimum absolute atomic E-state index is 0.386. The van der Waals surface area contributed by atoms with Crippen molar-refractivity contribution in [2.75, 3.05) is 18.9 Å². The summed E-state index contributed by atoms with van der Waals surface area (Å²) in [6.45, 7) is 1.65. The lowest BCUT2D eigenvalue weighted by molar-refractivity contribution is 0.111. The predicted octanol–water partition coefficient (Wildman–Crippen LogP) is 2.92. The van der Waals surface area contributed by atoms with E-state index in [2.05, 4.69) is 33.6 Å². The summed E-state index contributed by atoms with van der Waals surface area (Å²) in [6, 6.07) is 6.30. The summed E-state index contributed by atoms with van der Waals surface area (Å²) in [6.07, 6.45) is 6.90. The van der Waals surface area contributed by atoms with Gasteiger partial charge in [0, 0.05) is 44.0 Å². The van der Waals surface area contributed by atoms with Crippen molar-refractivity contribution in [2.24, 2.45) is 17.9 Å². The number of fused-ring (bicyclic) bond motifs is 2. The van der Waals surface area contributed by atoms with Gasteiger partial charge in [-0.1, -0.05) is 12.1 Å². The molecule has 0 fully saturated rings. The molecule has 1 aliphatic heterocycles. The molecule has 2 aromatic heterocycles. The zero-order chi connectivity index (χ0) is 22.0. The molecule has 1 aliphatic rings. The Labute approximate surface area is 184 Å². The number of thiazole rings is 1. The lowest BCUT2D eigenvalue weighted by atomic mass is 10.1. The smallest absolute Gasteiger partial charge is 0.167 e. The Kier molecular flexibility index (Phi) is 5.85. The Balaban J connectivity index is 1.60. The fraction of sp³-hybridized carbons (Fsp3) is 0.273. The maximum Gasteiger partial charge on any atom is 0.167 e. The van der Waals surface area contributed by atoms with Gasteiger partial charge in [-0.05, 0) is 35.9 Å². The molecule has 0 spiro atoms. The molecule has 1 aromatic carbocycles. The number of anilines is 1. The van der Waals surface area contributed by atoms with E-state index < -0.39 is 0 Å². The largest absolute Gasteiger partial charge is 0.405 e. The standard InChI is InChI=1S/C22H25N7OS/c1-28(12-14-4-3-5-18-16(14)7-9-25-18)26-11-17-19(13-30)29(2)22-21(17)31-20(27-22)10-15(24)6-8-23/h3-6,8,11,13,24-25H,7,9-10,12,23H2,1-2H3/b8-6-,24-15?,26-11-. The van der Waals surface area contributed by atoms with Gasteiger partial charge in [0.15, 0.2) is 11.9 Å². The first-order chi connectivity index (χ1) is 15.0. The summed E-state index contributed by atoms with van der Waals surface area (Å²) in [4.78, 5) is 16.4. The number of carbonyl (C=O) groups is 1. The van der Waals surface area contributed by atoms with E-state index in [1.54, 1.807) is 16.9 Å². The van der Waals surface area contributed by atoms with E-state index in [4.69, 9.17) is 11.1 Å². The van der Waals surface area contributed by atoms with Crippen LogP contribution in [0, 0.1) is 5.41 Å². The van der Waals surface area contributed by atoms with Crippen molar-refractivity contribution in [3.05, 3.63) is 57.9 Å². The van der Waals surface area contributed by atoms with Crippen LogP contribution in [0.1, 0.15) is 32.2 Å². The molecule has 0 bridgehead atoms. The zero-order valence-electron chi connectivity index (χ0n) is 17.6. The second kappa shape index (κ2) is 8.73. The summed E-state index contributed by atoms with van der Waals surface area (Å²) >= 11 is 1.48. The molecule has 160 valence electrons. The van der Waals surface area contributed by atoms with Crippen LogP contribution in [0.15, 0.2) is 35.6 Å². The number of nitrogens with one attached hydrogen (secondary N) is 2. The number of rotatable bonds is 8. The highest BCUT2D eigenvalue weighted by molar-refractivity contribution is 7.19. The highest BCUT2D eigenvalue weighted by Gasteiger charge is 2.19. The van der Waals surface area contributed by atoms with Crippen LogP contribution in [0.2, 0.25) is 0 Å². The molecule has 8 nitrogen and oxygen atoms in total. The van der Waals surface area contributed by atoms with Crippen molar-refractivity contribution in [1.82, 2.24) is 14.6 Å². The van der Waals surface area contributed by atoms with Gasteiger partial charge in [-0.15, -0.1) is 11.3 Å². The molecule has 0 amide bonds. The SMILES string of the molecule is CN(Cc1cccc2c1CCN2)/N=C\c1c(C=O)n(C)c2nc(CC(=N)/C=C\N)sc12. The normalized spacial score (nSPS) is 13.2. The van der Waals surface area contributed by atoms with E-state index in [-0.39, 0.29) is 0 Å². The molecule has 3 aromatic rings. The molecule has 0 saturated carbocycles. The quantitative estimate of drug-likeness (QED) is 0.286. The number of nitrogens with zero attached hydrogens (tertiary/aromatic N) is 4. The fourth-order valence-electron chi connectivity index (χ4n) is 3.86. The van der Waals surface area contributed by atoms with E-state index in [0.717, 1.165) is 40.2 Å². The molecule has 31 heavy (non-hydrogen) atoms. The minimum atomic E-state index is 0.386. The van der Waals surface area contributed by atoms with Crippen LogP contribution in [0.25, 0.3) is 10.3 Å². The van der Waals surface area contributed by atoms with Crippen LogP contribution in [-0.2, 0) is 26.4 Å². The molecule has 0 saturated heterocycles. The molecule has 0 radical (unpaired) electrons. The average molecular weight is 436 g/mol. The molecule has 3 heterocycles. The number of benzene rings is 1. The van der Waals surface area contributed by atoms with Gasteiger partial charge >= 0.3 is 0 Å². The van der Waals surface area contributed by atoms with Crippen molar-refractivity contribution in [2.45, 2.75) is 19.4 Å². The molecular formula is C22H25N7OS. The van der Waals surface area contributed by atoms with Crippen LogP contribution in [-0.4, -0.2) is 46.4 Å². The molecular weight excluding hydrogens is 410 g/mol. The van der Waals surface area contributed by atoms with Gasteiger partial charge in [0.25, 0.3) is 0 Å². The summed E-state index contributed by atoms with van der Waals surface area (Å²) < 4.78 is 2.67. The van der Waals surface area contributed by atoms with E-state index in [9.17, 15) is 4.79 Å². The first-order valence-electron chi connectivity index (χ1n) is 10.0. The summed E-state index contributed by atoms with van der Waals surface area (Å²) in [5.41, 5.74) is 11.6. The second-order valence-electron chi connectivity index (χ2n) is 7.48. The molecule has 4 N–H and O–H groups in total. The van der Waals surface area contributed by atoms with Crippen molar-refractivity contribution < 1.29 is 4.79 Å². The van der Waals surface area contributed by atoms with Crippen molar-refractivity contribution in [3.8, 4) is 0 Å². The lowest BCUT2D eigenvalue weighted by Gasteiger charge is -2.15. The van der Waals surface area contributed by atoms with Gasteiger partial charge in [0.05, 0.1) is 23.2 Å². The Morgan fingerprint density at radius 3 is 3.10 bits per heavy atom. The number of aldehydes is 1. The third-order valence-electron chi connectivity index (χ3n) is 5.35. The van der Waals surface area contributed by atoms with Crippen molar-refractivity contribution in [1.29, 1.82) is 5.41 Å². The van der Waals surface area contributed by atoms with Gasteiger partial charge in [0.2, 0.25) is 0 Å². The Morgan fingerprint density at radius 1 is 1.48 bits per heavy atom. The topological polar surface area (TPSA) is 112 Å². The molecule has 0 atom stereocenters. The number of hydrogen-bond donors (Lipinski definition) is 3. The van der Waals surface area contributed by atoms with Gasteiger partial charge in [0.1, 0.15) is 5.01 Å². The number of carbonyl (C=O) groups excluding carboxylic acids is 1. The summed E-state index contributed by atoms with van der Waals surface area (Å²) in [7, 11) is 3.75. The maximum atomic E-state index is 11.7. The number of hydrazone groups is 1. The lowest BCUT2D eigenvalue weighted by Crippen LogP contribution is -2.12. The number of aryl methyl sites for hydroxylation is 1. The van der Waals surface area contributed by atoms with Gasteiger partial charge in [-0.3, -0.25) is 9.80 Å². The van der Waals surface area contributed by atoms with Crippen molar-refractivity contribution in [3.63, 3.8) is 0 Å².